The van der Waals surface area contributed by atoms with E-state index in [1.165, 1.54) is 10.3 Å². The molecule has 1 saturated heterocycles. The van der Waals surface area contributed by atoms with Crippen molar-refractivity contribution in [1.29, 1.82) is 0 Å². The van der Waals surface area contributed by atoms with Gasteiger partial charge in [0, 0.05) is 18.0 Å². The van der Waals surface area contributed by atoms with Crippen LogP contribution in [0.5, 0.6) is 0 Å². The number of rotatable bonds is 2. The molecular formula is C13H17N3OS. The Hall–Kier alpha value is -1.20. The zero-order valence-electron chi connectivity index (χ0n) is 10.7. The first-order chi connectivity index (χ1) is 8.78. The van der Waals surface area contributed by atoms with Crippen LogP contribution in [-0.2, 0) is 11.2 Å². The highest BCUT2D eigenvalue weighted by atomic mass is 32.1. The van der Waals surface area contributed by atoms with E-state index in [2.05, 4.69) is 34.8 Å². The van der Waals surface area contributed by atoms with Gasteiger partial charge in [-0.3, -0.25) is 0 Å². The third kappa shape index (κ3) is 2.08. The minimum atomic E-state index is 0.271. The van der Waals surface area contributed by atoms with E-state index >= 15 is 0 Å². The van der Waals surface area contributed by atoms with E-state index in [4.69, 9.17) is 4.74 Å². The molecule has 1 aliphatic heterocycles. The predicted molar refractivity (Wildman–Crippen MR) is 74.4 cm³/mol. The van der Waals surface area contributed by atoms with Crippen LogP contribution in [-0.4, -0.2) is 35.8 Å². The highest BCUT2D eigenvalue weighted by molar-refractivity contribution is 7.18. The van der Waals surface area contributed by atoms with Gasteiger partial charge in [0.1, 0.15) is 17.0 Å². The summed E-state index contributed by atoms with van der Waals surface area (Å²) in [7, 11) is 0. The van der Waals surface area contributed by atoms with Gasteiger partial charge >= 0.3 is 0 Å². The SMILES string of the molecule is CCc1cc2c(N3CCO[C@@H](C)C3)ncnc2s1. The van der Waals surface area contributed by atoms with Crippen LogP contribution in [0, 0.1) is 0 Å². The van der Waals surface area contributed by atoms with Gasteiger partial charge < -0.3 is 9.64 Å². The Bertz CT molecular complexity index is 554. The summed E-state index contributed by atoms with van der Waals surface area (Å²) in [4.78, 5) is 13.6. The second-order valence-corrected chi connectivity index (χ2v) is 5.72. The summed E-state index contributed by atoms with van der Waals surface area (Å²) in [5.74, 6) is 1.06. The molecular weight excluding hydrogens is 246 g/mol. The van der Waals surface area contributed by atoms with Crippen molar-refractivity contribution in [3.05, 3.63) is 17.3 Å². The molecule has 3 rings (SSSR count). The van der Waals surface area contributed by atoms with Crippen LogP contribution in [0.4, 0.5) is 5.82 Å². The number of aromatic nitrogens is 2. The molecule has 0 spiro atoms. The third-order valence-electron chi connectivity index (χ3n) is 3.25. The van der Waals surface area contributed by atoms with Crippen molar-refractivity contribution in [3.63, 3.8) is 0 Å². The maximum Gasteiger partial charge on any atom is 0.140 e. The Balaban J connectivity index is 2.02. The minimum absolute atomic E-state index is 0.271. The molecule has 3 heterocycles. The van der Waals surface area contributed by atoms with Gasteiger partial charge in [-0.05, 0) is 19.4 Å². The molecule has 0 saturated carbocycles. The lowest BCUT2D eigenvalue weighted by Crippen LogP contribution is -2.41. The fourth-order valence-electron chi connectivity index (χ4n) is 2.33. The van der Waals surface area contributed by atoms with Crippen molar-refractivity contribution in [2.75, 3.05) is 24.6 Å². The highest BCUT2D eigenvalue weighted by Crippen LogP contribution is 2.31. The highest BCUT2D eigenvalue weighted by Gasteiger charge is 2.20. The van der Waals surface area contributed by atoms with Gasteiger partial charge in [-0.1, -0.05) is 6.92 Å². The smallest absolute Gasteiger partial charge is 0.140 e. The summed E-state index contributed by atoms with van der Waals surface area (Å²) in [6.45, 7) is 6.87. The first kappa shape index (κ1) is 11.9. The van der Waals surface area contributed by atoms with Crippen molar-refractivity contribution in [2.45, 2.75) is 26.4 Å². The lowest BCUT2D eigenvalue weighted by atomic mass is 10.2. The quantitative estimate of drug-likeness (QED) is 0.834. The van der Waals surface area contributed by atoms with E-state index in [1.807, 2.05) is 0 Å². The molecule has 1 atom stereocenters. The van der Waals surface area contributed by atoms with Crippen LogP contribution in [0.2, 0.25) is 0 Å². The molecule has 0 unspecified atom stereocenters. The van der Waals surface area contributed by atoms with Crippen molar-refractivity contribution >= 4 is 27.4 Å². The maximum absolute atomic E-state index is 5.59. The standard InChI is InChI=1S/C13H17N3OS/c1-3-10-6-11-12(14-8-15-13(11)18-10)16-4-5-17-9(2)7-16/h6,8-9H,3-5,7H2,1-2H3/t9-/m0/s1. The van der Waals surface area contributed by atoms with Gasteiger partial charge in [-0.15, -0.1) is 11.3 Å². The van der Waals surface area contributed by atoms with E-state index in [1.54, 1.807) is 17.7 Å². The Labute approximate surface area is 111 Å². The molecule has 0 aromatic carbocycles. The number of anilines is 1. The number of aryl methyl sites for hydroxylation is 1. The molecule has 2 aromatic rings. The molecule has 0 bridgehead atoms. The van der Waals surface area contributed by atoms with E-state index < -0.39 is 0 Å². The van der Waals surface area contributed by atoms with E-state index in [0.717, 1.165) is 36.8 Å². The predicted octanol–water partition coefficient (Wildman–Crippen LogP) is 2.48. The first-order valence-corrected chi connectivity index (χ1v) is 7.19. The fraction of sp³-hybridized carbons (Fsp3) is 0.538. The van der Waals surface area contributed by atoms with Gasteiger partial charge in [0.25, 0.3) is 0 Å². The van der Waals surface area contributed by atoms with E-state index in [0.29, 0.717) is 0 Å². The number of morpholine rings is 1. The van der Waals surface area contributed by atoms with Gasteiger partial charge in [-0.25, -0.2) is 9.97 Å². The summed E-state index contributed by atoms with van der Waals surface area (Å²) in [6, 6.07) is 2.23. The molecule has 0 aliphatic carbocycles. The lowest BCUT2D eigenvalue weighted by Gasteiger charge is -2.32. The number of hydrogen-bond donors (Lipinski definition) is 0. The molecule has 5 heteroatoms. The zero-order valence-corrected chi connectivity index (χ0v) is 11.5. The first-order valence-electron chi connectivity index (χ1n) is 6.38. The summed E-state index contributed by atoms with van der Waals surface area (Å²) in [5, 5.41) is 1.19. The van der Waals surface area contributed by atoms with Gasteiger partial charge in [-0.2, -0.15) is 0 Å². The molecule has 18 heavy (non-hydrogen) atoms. The molecule has 1 fully saturated rings. The zero-order chi connectivity index (χ0) is 12.5. The fourth-order valence-corrected chi connectivity index (χ4v) is 3.26. The molecule has 4 nitrogen and oxygen atoms in total. The molecule has 0 N–H and O–H groups in total. The topological polar surface area (TPSA) is 38.2 Å². The molecule has 0 radical (unpaired) electrons. The van der Waals surface area contributed by atoms with Crippen LogP contribution in [0.1, 0.15) is 18.7 Å². The van der Waals surface area contributed by atoms with Crippen LogP contribution < -0.4 is 4.90 Å². The molecule has 2 aromatic heterocycles. The maximum atomic E-state index is 5.59. The second-order valence-electron chi connectivity index (χ2n) is 4.61. The van der Waals surface area contributed by atoms with Crippen molar-refractivity contribution < 1.29 is 4.74 Å². The van der Waals surface area contributed by atoms with Gasteiger partial charge in [0.2, 0.25) is 0 Å². The average Bonchev–Trinajstić information content (AvgIpc) is 2.81. The van der Waals surface area contributed by atoms with Crippen molar-refractivity contribution in [2.24, 2.45) is 0 Å². The number of hydrogen-bond acceptors (Lipinski definition) is 5. The Morgan fingerprint density at radius 1 is 1.50 bits per heavy atom. The molecule has 1 aliphatic rings. The number of fused-ring (bicyclic) bond motifs is 1. The number of ether oxygens (including phenoxy) is 1. The minimum Gasteiger partial charge on any atom is -0.375 e. The summed E-state index contributed by atoms with van der Waals surface area (Å²) in [5.41, 5.74) is 0. The van der Waals surface area contributed by atoms with Crippen LogP contribution in [0.3, 0.4) is 0 Å². The summed E-state index contributed by atoms with van der Waals surface area (Å²) < 4.78 is 5.59. The lowest BCUT2D eigenvalue weighted by molar-refractivity contribution is 0.0530. The van der Waals surface area contributed by atoms with Gasteiger partial charge in [0.05, 0.1) is 18.1 Å². The molecule has 96 valence electrons. The van der Waals surface area contributed by atoms with Gasteiger partial charge in [0.15, 0.2) is 0 Å². The van der Waals surface area contributed by atoms with Crippen LogP contribution >= 0.6 is 11.3 Å². The van der Waals surface area contributed by atoms with E-state index in [-0.39, 0.29) is 6.10 Å². The monoisotopic (exact) mass is 263 g/mol. The van der Waals surface area contributed by atoms with Crippen LogP contribution in [0.25, 0.3) is 10.2 Å². The molecule has 0 amide bonds. The van der Waals surface area contributed by atoms with Crippen LogP contribution in [0.15, 0.2) is 12.4 Å². The van der Waals surface area contributed by atoms with E-state index in [9.17, 15) is 0 Å². The number of thiophene rings is 1. The summed E-state index contributed by atoms with van der Waals surface area (Å²) in [6.07, 6.45) is 3.00. The van der Waals surface area contributed by atoms with Crippen molar-refractivity contribution in [3.8, 4) is 0 Å². The normalized spacial score (nSPS) is 20.6. The average molecular weight is 263 g/mol. The Morgan fingerprint density at radius 2 is 2.39 bits per heavy atom. The largest absolute Gasteiger partial charge is 0.375 e. The third-order valence-corrected chi connectivity index (χ3v) is 4.44. The van der Waals surface area contributed by atoms with Crippen molar-refractivity contribution in [1.82, 2.24) is 9.97 Å². The second kappa shape index (κ2) is 4.82. The Morgan fingerprint density at radius 3 is 3.17 bits per heavy atom. The Kier molecular flexibility index (Phi) is 3.18. The number of nitrogens with zero attached hydrogens (tertiary/aromatic N) is 3. The summed E-state index contributed by atoms with van der Waals surface area (Å²) >= 11 is 1.77.